The summed E-state index contributed by atoms with van der Waals surface area (Å²) >= 11 is 0. The van der Waals surface area contributed by atoms with Crippen LogP contribution in [0.1, 0.15) is 49.8 Å². The van der Waals surface area contributed by atoms with Crippen molar-refractivity contribution in [2.24, 2.45) is 0 Å². The summed E-state index contributed by atoms with van der Waals surface area (Å²) in [5.74, 6) is 0.442. The number of nitriles is 1. The summed E-state index contributed by atoms with van der Waals surface area (Å²) < 4.78 is 4.06. The van der Waals surface area contributed by atoms with Crippen LogP contribution in [0.4, 0.5) is 11.6 Å². The quantitative estimate of drug-likeness (QED) is 0.498. The number of hydrogen-bond acceptors (Lipinski definition) is 6. The molecule has 0 spiro atoms. The van der Waals surface area contributed by atoms with Gasteiger partial charge >= 0.3 is 0 Å². The van der Waals surface area contributed by atoms with E-state index in [1.165, 1.54) is 5.52 Å². The van der Waals surface area contributed by atoms with E-state index in [4.69, 9.17) is 4.98 Å². The predicted octanol–water partition coefficient (Wildman–Crippen LogP) is 4.01. The number of aromatic nitrogens is 4. The predicted molar refractivity (Wildman–Crippen MR) is 128 cm³/mol. The Labute approximate surface area is 190 Å². The highest BCUT2D eigenvalue weighted by Gasteiger charge is 2.23. The minimum atomic E-state index is -0.259. The molecule has 1 saturated heterocycles. The number of nitrogens with one attached hydrogen (secondary N) is 2. The summed E-state index contributed by atoms with van der Waals surface area (Å²) in [6.07, 6.45) is 9.03. The van der Waals surface area contributed by atoms with Gasteiger partial charge in [0.15, 0.2) is 0 Å². The molecule has 0 amide bonds. The number of nitrogens with zero attached hydrogens (tertiary/aromatic N) is 5. The van der Waals surface area contributed by atoms with Crippen LogP contribution in [0.3, 0.4) is 0 Å². The lowest BCUT2D eigenvalue weighted by atomic mass is 10.2. The first-order chi connectivity index (χ1) is 16.2. The molecule has 0 radical (unpaired) electrons. The first-order valence-electron chi connectivity index (χ1n) is 11.6. The summed E-state index contributed by atoms with van der Waals surface area (Å²) in [7, 11) is 0. The highest BCUT2D eigenvalue weighted by atomic mass is 16.1. The van der Waals surface area contributed by atoms with Crippen LogP contribution in [0.15, 0.2) is 47.5 Å². The molecule has 2 fully saturated rings. The Morgan fingerprint density at radius 1 is 1.09 bits per heavy atom. The molecule has 1 aromatic carbocycles. The van der Waals surface area contributed by atoms with Crippen LogP contribution in [0.25, 0.3) is 21.9 Å². The zero-order valence-corrected chi connectivity index (χ0v) is 18.3. The van der Waals surface area contributed by atoms with Crippen LogP contribution in [-0.2, 0) is 0 Å². The van der Waals surface area contributed by atoms with E-state index in [0.717, 1.165) is 56.3 Å². The van der Waals surface area contributed by atoms with Crippen molar-refractivity contribution in [2.75, 3.05) is 18.4 Å². The SMILES string of the molecule is N#Cc1cc2cnc(Nc3ccc4c(ccn4C4CCNC4)c3)nc2n(C2CCCC2)c1=O. The van der Waals surface area contributed by atoms with E-state index in [-0.39, 0.29) is 17.2 Å². The number of rotatable bonds is 4. The van der Waals surface area contributed by atoms with Crippen LogP contribution in [0, 0.1) is 11.3 Å². The maximum atomic E-state index is 13.0. The fraction of sp³-hybridized carbons (Fsp3) is 0.360. The van der Waals surface area contributed by atoms with Crippen molar-refractivity contribution in [3.05, 3.63) is 58.6 Å². The van der Waals surface area contributed by atoms with E-state index in [9.17, 15) is 10.1 Å². The molecule has 2 N–H and O–H groups in total. The molecule has 1 atom stereocenters. The molecule has 1 aliphatic carbocycles. The maximum absolute atomic E-state index is 13.0. The third kappa shape index (κ3) is 3.45. The maximum Gasteiger partial charge on any atom is 0.270 e. The minimum Gasteiger partial charge on any atom is -0.343 e. The lowest BCUT2D eigenvalue weighted by Crippen LogP contribution is -2.26. The lowest BCUT2D eigenvalue weighted by molar-refractivity contribution is 0.515. The van der Waals surface area contributed by atoms with Crippen molar-refractivity contribution in [1.29, 1.82) is 5.26 Å². The Morgan fingerprint density at radius 3 is 2.76 bits per heavy atom. The largest absolute Gasteiger partial charge is 0.343 e. The van der Waals surface area contributed by atoms with E-state index in [0.29, 0.717) is 23.0 Å². The van der Waals surface area contributed by atoms with Gasteiger partial charge in [-0.1, -0.05) is 12.8 Å². The summed E-state index contributed by atoms with van der Waals surface area (Å²) in [4.78, 5) is 22.2. The van der Waals surface area contributed by atoms with Gasteiger partial charge in [0.1, 0.15) is 17.3 Å². The Balaban J connectivity index is 1.37. The van der Waals surface area contributed by atoms with Crippen molar-refractivity contribution in [1.82, 2.24) is 24.4 Å². The van der Waals surface area contributed by atoms with Crippen molar-refractivity contribution in [3.63, 3.8) is 0 Å². The number of hydrogen-bond donors (Lipinski definition) is 2. The Hall–Kier alpha value is -3.70. The van der Waals surface area contributed by atoms with Gasteiger partial charge in [-0.3, -0.25) is 9.36 Å². The molecule has 33 heavy (non-hydrogen) atoms. The van der Waals surface area contributed by atoms with E-state index < -0.39 is 0 Å². The normalized spacial score (nSPS) is 18.8. The van der Waals surface area contributed by atoms with Gasteiger partial charge in [0.2, 0.25) is 5.95 Å². The highest BCUT2D eigenvalue weighted by Crippen LogP contribution is 2.31. The number of pyridine rings is 1. The van der Waals surface area contributed by atoms with Crippen LogP contribution in [0.5, 0.6) is 0 Å². The topological polar surface area (TPSA) is 101 Å². The number of fused-ring (bicyclic) bond motifs is 2. The van der Waals surface area contributed by atoms with Crippen LogP contribution in [0.2, 0.25) is 0 Å². The Bertz CT molecular complexity index is 1450. The van der Waals surface area contributed by atoms with Gasteiger partial charge in [-0.25, -0.2) is 4.98 Å². The van der Waals surface area contributed by atoms with Gasteiger partial charge in [0.05, 0.1) is 0 Å². The van der Waals surface area contributed by atoms with E-state index in [2.05, 4.69) is 44.6 Å². The molecule has 8 nitrogen and oxygen atoms in total. The molecule has 166 valence electrons. The molecule has 1 aliphatic heterocycles. The molecular formula is C25H25N7O. The van der Waals surface area contributed by atoms with E-state index >= 15 is 0 Å². The first-order valence-corrected chi connectivity index (χ1v) is 11.6. The molecule has 1 unspecified atom stereocenters. The lowest BCUT2D eigenvalue weighted by Gasteiger charge is -2.17. The van der Waals surface area contributed by atoms with Gasteiger partial charge < -0.3 is 15.2 Å². The summed E-state index contributed by atoms with van der Waals surface area (Å²) in [6, 6.07) is 12.6. The monoisotopic (exact) mass is 439 g/mol. The summed E-state index contributed by atoms with van der Waals surface area (Å²) in [5, 5.41) is 18.0. The van der Waals surface area contributed by atoms with E-state index in [1.807, 2.05) is 12.1 Å². The highest BCUT2D eigenvalue weighted by molar-refractivity contribution is 5.85. The molecule has 0 bridgehead atoms. The fourth-order valence-electron chi connectivity index (χ4n) is 5.33. The second-order valence-corrected chi connectivity index (χ2v) is 9.02. The molecule has 1 saturated carbocycles. The first kappa shape index (κ1) is 19.9. The second-order valence-electron chi connectivity index (χ2n) is 9.02. The van der Waals surface area contributed by atoms with Gasteiger partial charge in [0, 0.05) is 53.0 Å². The van der Waals surface area contributed by atoms with Crippen molar-refractivity contribution in [2.45, 2.75) is 44.2 Å². The molecular weight excluding hydrogens is 414 g/mol. The van der Waals surface area contributed by atoms with Gasteiger partial charge in [0.25, 0.3) is 5.56 Å². The molecule has 4 heterocycles. The van der Waals surface area contributed by atoms with Crippen LogP contribution >= 0.6 is 0 Å². The Kier molecular flexibility index (Phi) is 4.84. The fourth-order valence-corrected chi connectivity index (χ4v) is 5.33. The van der Waals surface area contributed by atoms with Gasteiger partial charge in [-0.15, -0.1) is 0 Å². The third-order valence-corrected chi connectivity index (χ3v) is 6.99. The Morgan fingerprint density at radius 2 is 1.97 bits per heavy atom. The molecule has 3 aromatic heterocycles. The zero-order valence-electron chi connectivity index (χ0n) is 18.3. The van der Waals surface area contributed by atoms with Gasteiger partial charge in [-0.2, -0.15) is 10.2 Å². The second kappa shape index (κ2) is 8.01. The third-order valence-electron chi connectivity index (χ3n) is 6.99. The standard InChI is InChI=1S/C25H25N7O/c26-13-17-11-18-14-28-25(30-23(18)32(24(17)33)20-3-1-2-4-20)29-19-5-6-22-16(12-19)8-10-31(22)21-7-9-27-15-21/h5-6,8,10-12,14,20-21,27H,1-4,7,9,15H2,(H,28,29,30). The summed E-state index contributed by atoms with van der Waals surface area (Å²) in [5.41, 5.74) is 2.58. The number of anilines is 2. The molecule has 8 heteroatoms. The average Bonchev–Trinajstić information content (AvgIpc) is 3.60. The number of benzene rings is 1. The van der Waals surface area contributed by atoms with Crippen LogP contribution < -0.4 is 16.2 Å². The zero-order chi connectivity index (χ0) is 22.4. The van der Waals surface area contributed by atoms with Crippen molar-refractivity contribution >= 4 is 33.6 Å². The minimum absolute atomic E-state index is 0.0808. The van der Waals surface area contributed by atoms with Gasteiger partial charge in [-0.05, 0) is 56.1 Å². The summed E-state index contributed by atoms with van der Waals surface area (Å²) in [6.45, 7) is 2.07. The molecule has 6 rings (SSSR count). The molecule has 2 aliphatic rings. The van der Waals surface area contributed by atoms with E-state index in [1.54, 1.807) is 16.8 Å². The van der Waals surface area contributed by atoms with Crippen molar-refractivity contribution in [3.8, 4) is 6.07 Å². The smallest absolute Gasteiger partial charge is 0.270 e. The average molecular weight is 440 g/mol. The molecule has 4 aromatic rings. The van der Waals surface area contributed by atoms with Crippen LogP contribution in [-0.4, -0.2) is 32.2 Å². The van der Waals surface area contributed by atoms with Crippen molar-refractivity contribution < 1.29 is 0 Å².